The van der Waals surface area contributed by atoms with Crippen molar-refractivity contribution >= 4 is 17.5 Å². The van der Waals surface area contributed by atoms with Crippen LogP contribution in [-0.4, -0.2) is 71.1 Å². The van der Waals surface area contributed by atoms with Crippen LogP contribution in [0.25, 0.3) is 0 Å². The largest absolute Gasteiger partial charge is 0.457 e. The van der Waals surface area contributed by atoms with E-state index in [0.717, 1.165) is 45.1 Å². The number of ether oxygens (including phenoxy) is 1. The van der Waals surface area contributed by atoms with Gasteiger partial charge >= 0.3 is 5.97 Å². The van der Waals surface area contributed by atoms with Crippen LogP contribution in [0.15, 0.2) is 11.6 Å². The first-order chi connectivity index (χ1) is 16.5. The van der Waals surface area contributed by atoms with Crippen LogP contribution in [0.5, 0.6) is 0 Å². The first kappa shape index (κ1) is 25.1. The summed E-state index contributed by atoms with van der Waals surface area (Å²) in [5.74, 6) is -0.494. The Morgan fingerprint density at radius 3 is 2.69 bits per heavy atom. The van der Waals surface area contributed by atoms with Crippen LogP contribution in [0.2, 0.25) is 0 Å². The zero-order valence-corrected chi connectivity index (χ0v) is 21.4. The molecule has 0 bridgehead atoms. The van der Waals surface area contributed by atoms with E-state index in [0.29, 0.717) is 25.8 Å². The fourth-order valence-corrected chi connectivity index (χ4v) is 8.88. The Morgan fingerprint density at radius 1 is 1.17 bits per heavy atom. The van der Waals surface area contributed by atoms with Gasteiger partial charge in [-0.15, -0.1) is 0 Å². The molecule has 0 amide bonds. The Bertz CT molecular complexity index is 946. The highest BCUT2D eigenvalue weighted by atomic mass is 16.5. The SMILES string of the molecule is CN1CCCC(C(=O)OCC(=O)C2(O)CCC3C4CCC5=CC(=O)CCC5(C)C4C(O)CC32C)C1. The molecule has 5 rings (SSSR count). The van der Waals surface area contributed by atoms with Gasteiger partial charge in [0.25, 0.3) is 0 Å². The Kier molecular flexibility index (Phi) is 6.29. The lowest BCUT2D eigenvalue weighted by Gasteiger charge is -2.60. The van der Waals surface area contributed by atoms with Crippen LogP contribution in [0, 0.1) is 34.5 Å². The fraction of sp³-hybridized carbons (Fsp3) is 0.821. The summed E-state index contributed by atoms with van der Waals surface area (Å²) in [6.07, 6.45) is 7.24. The van der Waals surface area contributed by atoms with E-state index < -0.39 is 29.5 Å². The maximum atomic E-state index is 13.4. The topological polar surface area (TPSA) is 104 Å². The molecule has 0 aromatic carbocycles. The van der Waals surface area contributed by atoms with Gasteiger partial charge in [0, 0.05) is 18.4 Å². The number of likely N-dealkylation sites (tertiary alicyclic amines) is 1. The van der Waals surface area contributed by atoms with Gasteiger partial charge in [-0.3, -0.25) is 14.4 Å². The number of hydrogen-bond donors (Lipinski definition) is 2. The average Bonchev–Trinajstić information content (AvgIpc) is 3.08. The summed E-state index contributed by atoms with van der Waals surface area (Å²) in [6.45, 7) is 5.33. The molecule has 1 heterocycles. The second-order valence-electron chi connectivity index (χ2n) is 12.6. The lowest BCUT2D eigenvalue weighted by Crippen LogP contribution is -2.62. The number of ketones is 2. The van der Waals surface area contributed by atoms with E-state index in [9.17, 15) is 24.6 Å². The van der Waals surface area contributed by atoms with E-state index in [2.05, 4.69) is 11.8 Å². The summed E-state index contributed by atoms with van der Waals surface area (Å²) in [7, 11) is 1.98. The first-order valence-corrected chi connectivity index (χ1v) is 13.5. The predicted octanol–water partition coefficient (Wildman–Crippen LogP) is 2.67. The summed E-state index contributed by atoms with van der Waals surface area (Å²) >= 11 is 0. The van der Waals surface area contributed by atoms with Crippen LogP contribution < -0.4 is 0 Å². The van der Waals surface area contributed by atoms with Gasteiger partial charge in [-0.1, -0.05) is 19.4 Å². The maximum absolute atomic E-state index is 13.4. The van der Waals surface area contributed by atoms with Crippen molar-refractivity contribution in [3.63, 3.8) is 0 Å². The van der Waals surface area contributed by atoms with E-state index in [1.165, 1.54) is 5.57 Å². The Labute approximate surface area is 208 Å². The molecule has 5 aliphatic rings. The zero-order valence-electron chi connectivity index (χ0n) is 21.4. The standard InChI is InChI=1S/C28H41NO6/c1-26-10-8-19(30)13-18(26)6-7-20-21-9-11-28(34,27(21,2)14-22(31)24(20)26)23(32)16-35-25(33)17-5-4-12-29(3)15-17/h13,17,20-22,24,31,34H,4-12,14-16H2,1-3H3. The second-order valence-corrected chi connectivity index (χ2v) is 12.6. The maximum Gasteiger partial charge on any atom is 0.310 e. The highest BCUT2D eigenvalue weighted by Crippen LogP contribution is 2.67. The first-order valence-electron chi connectivity index (χ1n) is 13.5. The van der Waals surface area contributed by atoms with Crippen LogP contribution in [0.4, 0.5) is 0 Å². The molecule has 35 heavy (non-hydrogen) atoms. The minimum Gasteiger partial charge on any atom is -0.457 e. The molecule has 0 spiro atoms. The van der Waals surface area contributed by atoms with E-state index in [4.69, 9.17) is 4.74 Å². The third-order valence-corrected chi connectivity index (χ3v) is 10.8. The minimum absolute atomic E-state index is 0.0345. The van der Waals surface area contributed by atoms with Crippen molar-refractivity contribution in [1.29, 1.82) is 0 Å². The Morgan fingerprint density at radius 2 is 1.94 bits per heavy atom. The summed E-state index contributed by atoms with van der Waals surface area (Å²) < 4.78 is 5.45. The van der Waals surface area contributed by atoms with Crippen molar-refractivity contribution in [2.75, 3.05) is 26.7 Å². The van der Waals surface area contributed by atoms with Crippen molar-refractivity contribution in [2.24, 2.45) is 34.5 Å². The third-order valence-electron chi connectivity index (χ3n) is 10.8. The number of fused-ring (bicyclic) bond motifs is 5. The minimum atomic E-state index is -1.60. The van der Waals surface area contributed by atoms with E-state index >= 15 is 0 Å². The molecule has 4 fully saturated rings. The highest BCUT2D eigenvalue weighted by molar-refractivity contribution is 5.92. The molecule has 1 saturated heterocycles. The van der Waals surface area contributed by atoms with Crippen molar-refractivity contribution < 1.29 is 29.3 Å². The molecular formula is C28H41NO6. The molecule has 194 valence electrons. The van der Waals surface area contributed by atoms with Gasteiger partial charge in [0.05, 0.1) is 12.0 Å². The van der Waals surface area contributed by atoms with Crippen LogP contribution in [0.3, 0.4) is 0 Å². The quantitative estimate of drug-likeness (QED) is 0.588. The molecule has 3 saturated carbocycles. The molecule has 7 nitrogen and oxygen atoms in total. The number of nitrogens with zero attached hydrogens (tertiary/aromatic N) is 1. The van der Waals surface area contributed by atoms with Crippen LogP contribution in [0.1, 0.15) is 71.6 Å². The van der Waals surface area contributed by atoms with Crippen molar-refractivity contribution in [3.8, 4) is 0 Å². The monoisotopic (exact) mass is 487 g/mol. The summed E-state index contributed by atoms with van der Waals surface area (Å²) in [6, 6.07) is 0. The number of aliphatic hydroxyl groups excluding tert-OH is 1. The molecule has 4 aliphatic carbocycles. The summed E-state index contributed by atoms with van der Waals surface area (Å²) in [5, 5.41) is 23.3. The predicted molar refractivity (Wildman–Crippen MR) is 129 cm³/mol. The van der Waals surface area contributed by atoms with E-state index in [-0.39, 0.29) is 40.8 Å². The van der Waals surface area contributed by atoms with Gasteiger partial charge in [-0.25, -0.2) is 0 Å². The number of carbonyl (C=O) groups excluding carboxylic acids is 3. The number of hydrogen-bond acceptors (Lipinski definition) is 7. The molecule has 8 atom stereocenters. The fourth-order valence-electron chi connectivity index (χ4n) is 8.88. The summed E-state index contributed by atoms with van der Waals surface area (Å²) in [4.78, 5) is 40.2. The molecule has 2 N–H and O–H groups in total. The van der Waals surface area contributed by atoms with Crippen LogP contribution in [-0.2, 0) is 19.1 Å². The Balaban J connectivity index is 1.32. The van der Waals surface area contributed by atoms with E-state index in [1.807, 2.05) is 20.0 Å². The molecular weight excluding hydrogens is 446 g/mol. The van der Waals surface area contributed by atoms with Crippen molar-refractivity contribution in [2.45, 2.75) is 83.3 Å². The number of allylic oxidation sites excluding steroid dienone is 1. The number of esters is 1. The normalized spacial score (nSPS) is 45.7. The van der Waals surface area contributed by atoms with Crippen LogP contribution >= 0.6 is 0 Å². The summed E-state index contributed by atoms with van der Waals surface area (Å²) in [5.41, 5.74) is -1.40. The lowest BCUT2D eigenvalue weighted by molar-refractivity contribution is -0.185. The van der Waals surface area contributed by atoms with Crippen molar-refractivity contribution in [1.82, 2.24) is 4.90 Å². The second kappa shape index (κ2) is 8.77. The van der Waals surface area contributed by atoms with Gasteiger partial charge < -0.3 is 19.8 Å². The Hall–Kier alpha value is -1.57. The molecule has 1 aliphatic heterocycles. The lowest BCUT2D eigenvalue weighted by atomic mass is 9.45. The number of Topliss-reactive ketones (excluding diaryl/α,β-unsaturated/α-hetero) is 1. The molecule has 0 radical (unpaired) electrons. The van der Waals surface area contributed by atoms with Gasteiger partial charge in [0.2, 0.25) is 5.78 Å². The van der Waals surface area contributed by atoms with Gasteiger partial charge in [-0.2, -0.15) is 0 Å². The highest BCUT2D eigenvalue weighted by Gasteiger charge is 2.68. The van der Waals surface area contributed by atoms with Gasteiger partial charge in [0.15, 0.2) is 12.4 Å². The van der Waals surface area contributed by atoms with Gasteiger partial charge in [-0.05, 0) is 94.2 Å². The number of piperidine rings is 1. The molecule has 0 aromatic rings. The van der Waals surface area contributed by atoms with E-state index in [1.54, 1.807) is 0 Å². The molecule has 8 unspecified atom stereocenters. The van der Waals surface area contributed by atoms with Crippen molar-refractivity contribution in [3.05, 3.63) is 11.6 Å². The number of carbonyl (C=O) groups is 3. The third kappa shape index (κ3) is 3.84. The number of aliphatic hydroxyl groups is 2. The van der Waals surface area contributed by atoms with Gasteiger partial charge in [0.1, 0.15) is 5.60 Å². The zero-order chi connectivity index (χ0) is 25.2. The molecule has 7 heteroatoms. The number of rotatable bonds is 4. The smallest absolute Gasteiger partial charge is 0.310 e. The molecule has 0 aromatic heterocycles. The average molecular weight is 488 g/mol.